The minimum absolute atomic E-state index is 0.235. The number of esters is 1. The summed E-state index contributed by atoms with van der Waals surface area (Å²) in [6.07, 6.45) is 0. The Kier molecular flexibility index (Phi) is 6.87. The zero-order valence-corrected chi connectivity index (χ0v) is 20.1. The van der Waals surface area contributed by atoms with Crippen molar-refractivity contribution in [3.05, 3.63) is 125 Å². The van der Waals surface area contributed by atoms with Gasteiger partial charge in [-0.3, -0.25) is 4.79 Å². The van der Waals surface area contributed by atoms with Gasteiger partial charge in [0.15, 0.2) is 18.2 Å². The van der Waals surface area contributed by atoms with E-state index in [-0.39, 0.29) is 11.6 Å². The van der Waals surface area contributed by atoms with E-state index in [1.165, 1.54) is 28.9 Å². The lowest BCUT2D eigenvalue weighted by Crippen LogP contribution is -2.15. The third kappa shape index (κ3) is 5.47. The summed E-state index contributed by atoms with van der Waals surface area (Å²) in [6.45, 7) is -0.467. The molecule has 0 spiro atoms. The van der Waals surface area contributed by atoms with E-state index in [0.717, 1.165) is 11.1 Å². The van der Waals surface area contributed by atoms with Gasteiger partial charge in [0, 0.05) is 16.1 Å². The van der Waals surface area contributed by atoms with E-state index in [2.05, 4.69) is 10.1 Å². The normalized spacial score (nSPS) is 10.8. The lowest BCUT2D eigenvalue weighted by molar-refractivity contribution is 0.0462. The van der Waals surface area contributed by atoms with Crippen LogP contribution in [0.1, 0.15) is 21.0 Å². The predicted octanol–water partition coefficient (Wildman–Crippen LogP) is 6.43. The van der Waals surface area contributed by atoms with Crippen LogP contribution in [-0.4, -0.2) is 33.1 Å². The number of halogens is 2. The van der Waals surface area contributed by atoms with Gasteiger partial charge in [-0.25, -0.2) is 18.9 Å². The van der Waals surface area contributed by atoms with E-state index < -0.39 is 18.4 Å². The summed E-state index contributed by atoms with van der Waals surface area (Å²) in [5, 5.41) is 4.80. The number of hydrogen-bond acceptors (Lipinski definition) is 5. The third-order valence-electron chi connectivity index (χ3n) is 5.61. The Balaban J connectivity index is 1.34. The van der Waals surface area contributed by atoms with Crippen LogP contribution in [0.25, 0.3) is 28.2 Å². The van der Waals surface area contributed by atoms with Gasteiger partial charge in [-0.15, -0.1) is 5.10 Å². The van der Waals surface area contributed by atoms with Crippen LogP contribution >= 0.6 is 11.6 Å². The minimum atomic E-state index is -0.856. The first-order valence-electron chi connectivity index (χ1n) is 11.3. The number of aromatic nitrogens is 3. The van der Waals surface area contributed by atoms with Crippen molar-refractivity contribution in [2.75, 3.05) is 6.61 Å². The van der Waals surface area contributed by atoms with E-state index in [9.17, 15) is 14.0 Å². The Labute approximate surface area is 216 Å². The smallest absolute Gasteiger partial charge is 0.378 e. The molecule has 5 rings (SSSR count). The van der Waals surface area contributed by atoms with Crippen LogP contribution in [0.2, 0.25) is 5.02 Å². The van der Waals surface area contributed by atoms with Crippen molar-refractivity contribution in [1.82, 2.24) is 14.8 Å². The largest absolute Gasteiger partial charge is 0.451 e. The van der Waals surface area contributed by atoms with Crippen LogP contribution in [-0.2, 0) is 4.74 Å². The summed E-state index contributed by atoms with van der Waals surface area (Å²) < 4.78 is 20.1. The number of Topliss-reactive ketones (excluding diaryl/α,β-unsaturated/α-hetero) is 1. The number of hydrogen-bond donors (Lipinski definition) is 0. The van der Waals surface area contributed by atoms with Crippen molar-refractivity contribution in [3.8, 4) is 28.2 Å². The second-order valence-corrected chi connectivity index (χ2v) is 8.53. The highest BCUT2D eigenvalue weighted by molar-refractivity contribution is 6.30. The number of rotatable bonds is 7. The van der Waals surface area contributed by atoms with Crippen LogP contribution in [0.3, 0.4) is 0 Å². The molecular weight excluding hydrogens is 493 g/mol. The molecule has 5 aromatic rings. The highest BCUT2D eigenvalue weighted by Crippen LogP contribution is 2.24. The van der Waals surface area contributed by atoms with Gasteiger partial charge in [0.25, 0.3) is 5.82 Å². The Morgan fingerprint density at radius 3 is 2.08 bits per heavy atom. The van der Waals surface area contributed by atoms with E-state index >= 15 is 0 Å². The summed E-state index contributed by atoms with van der Waals surface area (Å²) >= 11 is 6.00. The van der Waals surface area contributed by atoms with Crippen LogP contribution in [0.5, 0.6) is 0 Å². The Morgan fingerprint density at radius 1 is 0.784 bits per heavy atom. The Bertz CT molecular complexity index is 1490. The fraction of sp³-hybridized carbons (Fsp3) is 0.0345. The first kappa shape index (κ1) is 24.1. The molecular formula is C29H19ClFN3O3. The van der Waals surface area contributed by atoms with E-state index in [0.29, 0.717) is 27.7 Å². The number of benzene rings is 4. The fourth-order valence-corrected chi connectivity index (χ4v) is 3.83. The standard InChI is InChI=1S/C29H19ClFN3O3/c30-23-12-10-22(11-13-23)28-32-27(33-34(28)25-16-14-24(31)15-17-25)29(36)37-18-26(35)21-8-6-20(7-9-21)19-4-2-1-3-5-19/h1-17H,18H2. The van der Waals surface area contributed by atoms with Gasteiger partial charge < -0.3 is 4.74 Å². The zero-order valence-electron chi connectivity index (χ0n) is 19.3. The van der Waals surface area contributed by atoms with Crippen LogP contribution in [0.4, 0.5) is 4.39 Å². The molecule has 37 heavy (non-hydrogen) atoms. The number of carbonyl (C=O) groups is 2. The summed E-state index contributed by atoms with van der Waals surface area (Å²) in [5.74, 6) is -1.53. The van der Waals surface area contributed by atoms with Crippen molar-refractivity contribution in [1.29, 1.82) is 0 Å². The van der Waals surface area contributed by atoms with Gasteiger partial charge in [-0.2, -0.15) is 0 Å². The SMILES string of the molecule is O=C(COC(=O)c1nc(-c2ccc(Cl)cc2)n(-c2ccc(F)cc2)n1)c1ccc(-c2ccccc2)cc1. The molecule has 1 heterocycles. The lowest BCUT2D eigenvalue weighted by atomic mass is 10.0. The topological polar surface area (TPSA) is 74.1 Å². The number of ketones is 1. The predicted molar refractivity (Wildman–Crippen MR) is 138 cm³/mol. The zero-order chi connectivity index (χ0) is 25.8. The van der Waals surface area contributed by atoms with E-state index in [4.69, 9.17) is 16.3 Å². The lowest BCUT2D eigenvalue weighted by Gasteiger charge is -2.06. The van der Waals surface area contributed by atoms with Crippen molar-refractivity contribution in [2.45, 2.75) is 0 Å². The van der Waals surface area contributed by atoms with Gasteiger partial charge in [0.05, 0.1) is 5.69 Å². The van der Waals surface area contributed by atoms with E-state index in [1.54, 1.807) is 36.4 Å². The average Bonchev–Trinajstić information content (AvgIpc) is 3.38. The molecule has 0 N–H and O–H groups in total. The number of ether oxygens (including phenoxy) is 1. The molecule has 0 aliphatic rings. The van der Waals surface area contributed by atoms with Gasteiger partial charge in [-0.1, -0.05) is 66.2 Å². The molecule has 4 aromatic carbocycles. The van der Waals surface area contributed by atoms with Crippen LogP contribution in [0, 0.1) is 5.82 Å². The van der Waals surface area contributed by atoms with E-state index in [1.807, 2.05) is 42.5 Å². The van der Waals surface area contributed by atoms with Crippen molar-refractivity contribution < 1.29 is 18.7 Å². The maximum atomic E-state index is 13.5. The molecule has 182 valence electrons. The average molecular weight is 512 g/mol. The van der Waals surface area contributed by atoms with Crippen molar-refractivity contribution in [3.63, 3.8) is 0 Å². The Morgan fingerprint density at radius 2 is 1.41 bits per heavy atom. The molecule has 0 amide bonds. The molecule has 0 saturated heterocycles. The fourth-order valence-electron chi connectivity index (χ4n) is 3.70. The molecule has 0 atom stereocenters. The molecule has 0 bridgehead atoms. The first-order chi connectivity index (χ1) is 18.0. The molecule has 6 nitrogen and oxygen atoms in total. The van der Waals surface area contributed by atoms with Gasteiger partial charge in [-0.05, 0) is 59.7 Å². The Hall–Kier alpha value is -4.62. The number of carbonyl (C=O) groups excluding carboxylic acids is 2. The highest BCUT2D eigenvalue weighted by Gasteiger charge is 2.21. The van der Waals surface area contributed by atoms with Crippen molar-refractivity contribution in [2.24, 2.45) is 0 Å². The second kappa shape index (κ2) is 10.6. The number of nitrogens with zero attached hydrogens (tertiary/aromatic N) is 3. The maximum Gasteiger partial charge on any atom is 0.378 e. The van der Waals surface area contributed by atoms with Crippen LogP contribution < -0.4 is 0 Å². The quantitative estimate of drug-likeness (QED) is 0.186. The molecule has 0 fully saturated rings. The second-order valence-electron chi connectivity index (χ2n) is 8.10. The molecule has 8 heteroatoms. The molecule has 0 saturated carbocycles. The summed E-state index contributed by atoms with van der Waals surface area (Å²) in [7, 11) is 0. The maximum absolute atomic E-state index is 13.5. The summed E-state index contributed by atoms with van der Waals surface area (Å²) in [5.41, 5.74) is 3.55. The first-order valence-corrected chi connectivity index (χ1v) is 11.7. The summed E-state index contributed by atoms with van der Waals surface area (Å²) in [6, 6.07) is 29.3. The monoisotopic (exact) mass is 511 g/mol. The summed E-state index contributed by atoms with van der Waals surface area (Å²) in [4.78, 5) is 29.7. The molecule has 0 aliphatic heterocycles. The van der Waals surface area contributed by atoms with Gasteiger partial charge in [0.2, 0.25) is 0 Å². The molecule has 0 radical (unpaired) electrons. The third-order valence-corrected chi connectivity index (χ3v) is 5.86. The highest BCUT2D eigenvalue weighted by atomic mass is 35.5. The van der Waals surface area contributed by atoms with Gasteiger partial charge >= 0.3 is 5.97 Å². The molecule has 0 unspecified atom stereocenters. The minimum Gasteiger partial charge on any atom is -0.451 e. The molecule has 1 aromatic heterocycles. The van der Waals surface area contributed by atoms with Gasteiger partial charge in [0.1, 0.15) is 5.82 Å². The van der Waals surface area contributed by atoms with Crippen molar-refractivity contribution >= 4 is 23.4 Å². The molecule has 0 aliphatic carbocycles. The van der Waals surface area contributed by atoms with Crippen LogP contribution in [0.15, 0.2) is 103 Å².